The smallest absolute Gasteiger partial charge is 0.309 e. The van der Waals surface area contributed by atoms with Crippen LogP contribution in [0.3, 0.4) is 0 Å². The first-order valence-electron chi connectivity index (χ1n) is 9.52. The zero-order valence-electron chi connectivity index (χ0n) is 17.8. The van der Waals surface area contributed by atoms with Gasteiger partial charge in [0.1, 0.15) is 23.7 Å². The summed E-state index contributed by atoms with van der Waals surface area (Å²) in [6.07, 6.45) is -2.52. The fraction of sp³-hybridized carbons (Fsp3) is 0.400. The Labute approximate surface area is 186 Å². The van der Waals surface area contributed by atoms with Crippen LogP contribution in [0.25, 0.3) is 0 Å². The van der Waals surface area contributed by atoms with Gasteiger partial charge in [-0.25, -0.2) is 23.7 Å². The fourth-order valence-electron chi connectivity index (χ4n) is 3.31. The summed E-state index contributed by atoms with van der Waals surface area (Å²) >= 11 is 0. The number of amides is 1. The second-order valence-corrected chi connectivity index (χ2v) is 7.32. The Morgan fingerprint density at radius 3 is 2.64 bits per heavy atom. The van der Waals surface area contributed by atoms with Gasteiger partial charge in [0.25, 0.3) is 11.9 Å². The van der Waals surface area contributed by atoms with E-state index in [9.17, 15) is 18.0 Å². The van der Waals surface area contributed by atoms with Gasteiger partial charge in [0.2, 0.25) is 12.0 Å². The van der Waals surface area contributed by atoms with Gasteiger partial charge in [-0.05, 0) is 25.1 Å². The molecule has 0 aliphatic carbocycles. The monoisotopic (exact) mass is 471 g/mol. The van der Waals surface area contributed by atoms with Gasteiger partial charge in [0.15, 0.2) is 6.17 Å². The van der Waals surface area contributed by atoms with E-state index < -0.39 is 53.7 Å². The summed E-state index contributed by atoms with van der Waals surface area (Å²) in [6, 6.07) is 2.47. The van der Waals surface area contributed by atoms with E-state index in [0.29, 0.717) is 0 Å². The fourth-order valence-corrected chi connectivity index (χ4v) is 3.31. The van der Waals surface area contributed by atoms with E-state index in [1.54, 1.807) is 0 Å². The minimum atomic E-state index is -3.79. The van der Waals surface area contributed by atoms with E-state index in [4.69, 9.17) is 15.2 Å². The summed E-state index contributed by atoms with van der Waals surface area (Å²) in [5.74, 6) is -5.25. The maximum Gasteiger partial charge on any atom is 0.309 e. The molecule has 0 saturated carbocycles. The van der Waals surface area contributed by atoms with Crippen molar-refractivity contribution in [3.63, 3.8) is 0 Å². The number of nitrogens with zero attached hydrogens (tertiary/aromatic N) is 3. The third-order valence-electron chi connectivity index (χ3n) is 4.99. The van der Waals surface area contributed by atoms with E-state index in [1.807, 2.05) is 0 Å². The van der Waals surface area contributed by atoms with Gasteiger partial charge in [-0.15, -0.1) is 0 Å². The number of benzene rings is 1. The van der Waals surface area contributed by atoms with Crippen LogP contribution in [0.2, 0.25) is 0 Å². The van der Waals surface area contributed by atoms with Crippen molar-refractivity contribution in [2.24, 2.45) is 10.7 Å². The maximum absolute atomic E-state index is 15.4. The molecule has 1 aliphatic rings. The van der Waals surface area contributed by atoms with Gasteiger partial charge < -0.3 is 25.3 Å². The van der Waals surface area contributed by atoms with Crippen LogP contribution in [-0.2, 0) is 15.0 Å². The number of methoxy groups -OCH3 is 2. The van der Waals surface area contributed by atoms with E-state index in [0.717, 1.165) is 32.4 Å². The Morgan fingerprint density at radius 1 is 1.30 bits per heavy atom. The van der Waals surface area contributed by atoms with Crippen molar-refractivity contribution in [1.29, 1.82) is 0 Å². The molecular weight excluding hydrogens is 450 g/mol. The summed E-state index contributed by atoms with van der Waals surface area (Å²) in [5.41, 5.74) is 2.88. The van der Waals surface area contributed by atoms with Crippen molar-refractivity contribution >= 4 is 17.6 Å². The molecule has 0 saturated heterocycles. The van der Waals surface area contributed by atoms with Crippen LogP contribution in [0.5, 0.6) is 5.88 Å². The van der Waals surface area contributed by atoms with Gasteiger partial charge >= 0.3 is 5.92 Å². The van der Waals surface area contributed by atoms with Crippen LogP contribution in [0.15, 0.2) is 35.6 Å². The molecule has 1 aromatic heterocycles. The highest BCUT2D eigenvalue weighted by atomic mass is 19.3. The molecule has 0 bridgehead atoms. The molecule has 0 spiro atoms. The summed E-state index contributed by atoms with van der Waals surface area (Å²) in [5, 5.41) is 2.46. The van der Waals surface area contributed by atoms with Crippen molar-refractivity contribution in [3.8, 4) is 5.88 Å². The van der Waals surface area contributed by atoms with Crippen molar-refractivity contribution in [3.05, 3.63) is 47.7 Å². The number of carbonyl (C=O) groups excluding carboxylic acids is 1. The maximum atomic E-state index is 15.4. The number of alkyl halides is 3. The molecule has 2 aromatic rings. The van der Waals surface area contributed by atoms with Crippen molar-refractivity contribution in [2.45, 2.75) is 30.7 Å². The number of anilines is 1. The van der Waals surface area contributed by atoms with Crippen LogP contribution < -0.4 is 15.8 Å². The molecule has 1 aliphatic heterocycles. The molecule has 2 heterocycles. The highest BCUT2D eigenvalue weighted by Crippen LogP contribution is 2.43. The predicted octanol–water partition coefficient (Wildman–Crippen LogP) is 2.43. The summed E-state index contributed by atoms with van der Waals surface area (Å²) in [7, 11) is 2.39. The molecule has 0 unspecified atom stereocenters. The predicted molar refractivity (Wildman–Crippen MR) is 109 cm³/mol. The first kappa shape index (κ1) is 24.2. The Balaban J connectivity index is 1.94. The van der Waals surface area contributed by atoms with Crippen molar-refractivity contribution in [2.75, 3.05) is 26.1 Å². The molecule has 178 valence electrons. The minimum absolute atomic E-state index is 0.0305. The molecule has 3 atom stereocenters. The standard InChI is InChI=1S/C20H21F4N5O4/c1-19(15(22)16(33-18(25)29-19)20(23,24)9-31-2)11-6-10(4-5-12(11)21)28-17(30)13-7-27-14(32-3)8-26-13/h4-8,15-16H,9H2,1-3H3,(H2,25,29)(H,28,30)/t15-,16-,19+/m0/s1. The number of hydrogen-bond acceptors (Lipinski definition) is 8. The lowest BCUT2D eigenvalue weighted by atomic mass is 9.82. The normalized spacial score (nSPS) is 22.8. The topological polar surface area (TPSA) is 121 Å². The Kier molecular flexibility index (Phi) is 6.72. The molecule has 0 radical (unpaired) electrons. The molecule has 9 nitrogen and oxygen atoms in total. The third-order valence-corrected chi connectivity index (χ3v) is 4.99. The molecule has 33 heavy (non-hydrogen) atoms. The van der Waals surface area contributed by atoms with E-state index in [1.165, 1.54) is 19.4 Å². The minimum Gasteiger partial charge on any atom is -0.480 e. The van der Waals surface area contributed by atoms with Crippen LogP contribution in [0.1, 0.15) is 23.0 Å². The second-order valence-electron chi connectivity index (χ2n) is 7.32. The number of ether oxygens (including phenoxy) is 3. The van der Waals surface area contributed by atoms with Crippen LogP contribution >= 0.6 is 0 Å². The van der Waals surface area contributed by atoms with Gasteiger partial charge in [-0.3, -0.25) is 4.79 Å². The molecule has 13 heteroatoms. The highest BCUT2D eigenvalue weighted by molar-refractivity contribution is 6.02. The Hall–Kier alpha value is -3.48. The lowest BCUT2D eigenvalue weighted by molar-refractivity contribution is -0.174. The number of amidine groups is 1. The zero-order valence-corrected chi connectivity index (χ0v) is 17.8. The largest absolute Gasteiger partial charge is 0.480 e. The number of aromatic nitrogens is 2. The summed E-state index contributed by atoms with van der Waals surface area (Å²) in [4.78, 5) is 24.0. The third kappa shape index (κ3) is 4.82. The molecule has 1 aromatic carbocycles. The van der Waals surface area contributed by atoms with Crippen molar-refractivity contribution in [1.82, 2.24) is 9.97 Å². The number of hydrogen-bond donors (Lipinski definition) is 2. The molecule has 3 rings (SSSR count). The number of carbonyl (C=O) groups is 1. The Bertz CT molecular complexity index is 1050. The lowest BCUT2D eigenvalue weighted by Gasteiger charge is -2.41. The molecular formula is C20H21F4N5O4. The number of aliphatic imine (C=N–C) groups is 1. The SMILES string of the molecule is COCC(F)(F)[C@H]1OC(N)=N[C@](C)(c2cc(NC(=O)c3cnc(OC)cn3)ccc2F)[C@H]1F. The van der Waals surface area contributed by atoms with E-state index in [2.05, 4.69) is 25.0 Å². The van der Waals surface area contributed by atoms with Crippen LogP contribution in [0.4, 0.5) is 23.2 Å². The van der Waals surface area contributed by atoms with E-state index in [-0.39, 0.29) is 17.3 Å². The van der Waals surface area contributed by atoms with Crippen LogP contribution in [0, 0.1) is 5.82 Å². The summed E-state index contributed by atoms with van der Waals surface area (Å²) in [6.45, 7) is -0.0508. The van der Waals surface area contributed by atoms with Crippen LogP contribution in [-0.4, -0.2) is 60.9 Å². The quantitative estimate of drug-likeness (QED) is 0.595. The first-order chi connectivity index (χ1) is 15.5. The van der Waals surface area contributed by atoms with Crippen molar-refractivity contribution < 1.29 is 36.6 Å². The van der Waals surface area contributed by atoms with E-state index >= 15 is 4.39 Å². The highest BCUT2D eigenvalue weighted by Gasteiger charge is 2.57. The summed E-state index contributed by atoms with van der Waals surface area (Å²) < 4.78 is 73.0. The van der Waals surface area contributed by atoms with Gasteiger partial charge in [0.05, 0.1) is 19.5 Å². The number of nitrogens with one attached hydrogen (secondary N) is 1. The number of rotatable bonds is 7. The second kappa shape index (κ2) is 9.17. The molecule has 1 amide bonds. The lowest BCUT2D eigenvalue weighted by Crippen LogP contribution is -2.57. The zero-order chi connectivity index (χ0) is 24.4. The van der Waals surface area contributed by atoms with Gasteiger partial charge in [-0.1, -0.05) is 0 Å². The first-order valence-corrected chi connectivity index (χ1v) is 9.52. The number of halogens is 4. The average molecular weight is 471 g/mol. The average Bonchev–Trinajstić information content (AvgIpc) is 2.77. The van der Waals surface area contributed by atoms with Gasteiger partial charge in [0, 0.05) is 18.4 Å². The number of nitrogens with two attached hydrogens (primary N) is 1. The van der Waals surface area contributed by atoms with Gasteiger partial charge in [-0.2, -0.15) is 8.78 Å². The molecule has 0 fully saturated rings. The molecule has 3 N–H and O–H groups in total. The Morgan fingerprint density at radius 2 is 2.03 bits per heavy atom.